The summed E-state index contributed by atoms with van der Waals surface area (Å²) in [4.78, 5) is 16.5. The van der Waals surface area contributed by atoms with Crippen molar-refractivity contribution in [3.63, 3.8) is 0 Å². The Morgan fingerprint density at radius 2 is 2.26 bits per heavy atom. The van der Waals surface area contributed by atoms with Crippen molar-refractivity contribution in [1.29, 1.82) is 5.26 Å². The first kappa shape index (κ1) is 14.0. The van der Waals surface area contributed by atoms with Crippen LogP contribution in [0.15, 0.2) is 11.0 Å². The quantitative estimate of drug-likeness (QED) is 0.617. The van der Waals surface area contributed by atoms with E-state index in [4.69, 9.17) is 5.26 Å². The van der Waals surface area contributed by atoms with Crippen LogP contribution >= 0.6 is 11.3 Å². The first-order valence-corrected chi connectivity index (χ1v) is 7.37. The van der Waals surface area contributed by atoms with E-state index in [2.05, 4.69) is 4.98 Å². The van der Waals surface area contributed by atoms with Gasteiger partial charge in [0.15, 0.2) is 5.78 Å². The van der Waals surface area contributed by atoms with Gasteiger partial charge in [0.05, 0.1) is 16.3 Å². The van der Waals surface area contributed by atoms with Crippen molar-refractivity contribution in [1.82, 2.24) is 4.98 Å². The Balaban J connectivity index is 2.13. The lowest BCUT2D eigenvalue weighted by Gasteiger charge is -2.15. The second-order valence-electron chi connectivity index (χ2n) is 6.22. The SMILES string of the molecule is CC(C)(C)CC(=O)/C(C#N)=C/c1csc(C2CC2)n1. The maximum atomic E-state index is 12.0. The zero-order chi connectivity index (χ0) is 14.0. The van der Waals surface area contributed by atoms with Crippen molar-refractivity contribution in [3.8, 4) is 6.07 Å². The summed E-state index contributed by atoms with van der Waals surface area (Å²) in [6.07, 6.45) is 4.43. The van der Waals surface area contributed by atoms with Crippen LogP contribution in [0.3, 0.4) is 0 Å². The van der Waals surface area contributed by atoms with Crippen molar-refractivity contribution in [2.45, 2.75) is 46.0 Å². The average Bonchev–Trinajstić information content (AvgIpc) is 3.04. The van der Waals surface area contributed by atoms with Crippen molar-refractivity contribution >= 4 is 23.2 Å². The summed E-state index contributed by atoms with van der Waals surface area (Å²) in [5.41, 5.74) is 0.849. The maximum absolute atomic E-state index is 12.0. The Morgan fingerprint density at radius 3 is 2.79 bits per heavy atom. The fourth-order valence-electron chi connectivity index (χ4n) is 1.78. The minimum atomic E-state index is -0.103. The second-order valence-corrected chi connectivity index (χ2v) is 7.10. The van der Waals surface area contributed by atoms with E-state index < -0.39 is 0 Å². The number of rotatable bonds is 4. The molecule has 100 valence electrons. The fourth-order valence-corrected chi connectivity index (χ4v) is 2.73. The smallest absolute Gasteiger partial charge is 0.173 e. The molecular formula is C15H18N2OS. The number of hydrogen-bond acceptors (Lipinski definition) is 4. The van der Waals surface area contributed by atoms with Gasteiger partial charge in [-0.15, -0.1) is 11.3 Å². The van der Waals surface area contributed by atoms with E-state index in [0.717, 1.165) is 10.7 Å². The number of carbonyl (C=O) groups excluding carboxylic acids is 1. The zero-order valence-corrected chi connectivity index (χ0v) is 12.4. The summed E-state index contributed by atoms with van der Waals surface area (Å²) >= 11 is 1.62. The molecule has 1 aliphatic carbocycles. The predicted molar refractivity (Wildman–Crippen MR) is 76.8 cm³/mol. The lowest BCUT2D eigenvalue weighted by molar-refractivity contribution is -0.116. The van der Waals surface area contributed by atoms with Crippen molar-refractivity contribution in [2.24, 2.45) is 5.41 Å². The van der Waals surface area contributed by atoms with Crippen LogP contribution in [-0.2, 0) is 4.79 Å². The highest BCUT2D eigenvalue weighted by Crippen LogP contribution is 2.41. The van der Waals surface area contributed by atoms with Gasteiger partial charge in [0, 0.05) is 17.7 Å². The number of aromatic nitrogens is 1. The van der Waals surface area contributed by atoms with E-state index in [0.29, 0.717) is 12.3 Å². The molecule has 0 bridgehead atoms. The van der Waals surface area contributed by atoms with Crippen LogP contribution in [0.4, 0.5) is 0 Å². The van der Waals surface area contributed by atoms with Crippen LogP contribution in [0.2, 0.25) is 0 Å². The molecule has 1 heterocycles. The van der Waals surface area contributed by atoms with Crippen molar-refractivity contribution < 1.29 is 4.79 Å². The van der Waals surface area contributed by atoms with Gasteiger partial charge in [-0.05, 0) is 24.3 Å². The molecule has 0 aliphatic heterocycles. The number of allylic oxidation sites excluding steroid dienone is 1. The highest BCUT2D eigenvalue weighted by molar-refractivity contribution is 7.09. The number of ketones is 1. The van der Waals surface area contributed by atoms with E-state index in [1.54, 1.807) is 17.4 Å². The average molecular weight is 274 g/mol. The molecule has 0 saturated heterocycles. The predicted octanol–water partition coefficient (Wildman–Crippen LogP) is 3.93. The number of nitrogens with zero attached hydrogens (tertiary/aromatic N) is 2. The van der Waals surface area contributed by atoms with Crippen LogP contribution in [0.25, 0.3) is 6.08 Å². The largest absolute Gasteiger partial charge is 0.293 e. The van der Waals surface area contributed by atoms with Crippen LogP contribution in [0.1, 0.15) is 56.7 Å². The van der Waals surface area contributed by atoms with E-state index in [-0.39, 0.29) is 16.8 Å². The lowest BCUT2D eigenvalue weighted by atomic mass is 9.88. The molecule has 4 heteroatoms. The van der Waals surface area contributed by atoms with Crippen molar-refractivity contribution in [3.05, 3.63) is 21.7 Å². The maximum Gasteiger partial charge on any atom is 0.173 e. The van der Waals surface area contributed by atoms with E-state index in [1.165, 1.54) is 12.8 Å². The normalized spacial score (nSPS) is 16.2. The molecular weight excluding hydrogens is 256 g/mol. The summed E-state index contributed by atoms with van der Waals surface area (Å²) in [7, 11) is 0. The molecule has 0 unspecified atom stereocenters. The van der Waals surface area contributed by atoms with Gasteiger partial charge in [-0.2, -0.15) is 5.26 Å². The molecule has 2 rings (SSSR count). The van der Waals surface area contributed by atoms with Gasteiger partial charge in [0.2, 0.25) is 0 Å². The highest BCUT2D eigenvalue weighted by atomic mass is 32.1. The topological polar surface area (TPSA) is 53.8 Å². The Kier molecular flexibility index (Phi) is 3.86. The fraction of sp³-hybridized carbons (Fsp3) is 0.533. The lowest BCUT2D eigenvalue weighted by Crippen LogP contribution is -2.14. The summed E-state index contributed by atoms with van der Waals surface area (Å²) < 4.78 is 0. The molecule has 1 aliphatic rings. The van der Waals surface area contributed by atoms with Gasteiger partial charge in [-0.3, -0.25) is 4.79 Å². The van der Waals surface area contributed by atoms with Crippen molar-refractivity contribution in [2.75, 3.05) is 0 Å². The molecule has 0 amide bonds. The molecule has 0 spiro atoms. The molecule has 0 atom stereocenters. The van der Waals surface area contributed by atoms with Gasteiger partial charge in [0.1, 0.15) is 6.07 Å². The number of hydrogen-bond donors (Lipinski definition) is 0. The third-order valence-electron chi connectivity index (χ3n) is 2.87. The number of nitriles is 1. The van der Waals surface area contributed by atoms with Crippen LogP contribution in [0.5, 0.6) is 0 Å². The monoisotopic (exact) mass is 274 g/mol. The molecule has 0 N–H and O–H groups in total. The first-order chi connectivity index (χ1) is 8.89. The van der Waals surface area contributed by atoms with Crippen LogP contribution in [0, 0.1) is 16.7 Å². The Morgan fingerprint density at radius 1 is 1.58 bits per heavy atom. The van der Waals surface area contributed by atoms with Gasteiger partial charge in [-0.25, -0.2) is 4.98 Å². The van der Waals surface area contributed by atoms with Gasteiger partial charge in [-0.1, -0.05) is 20.8 Å². The van der Waals surface area contributed by atoms with Crippen LogP contribution < -0.4 is 0 Å². The minimum Gasteiger partial charge on any atom is -0.293 e. The van der Waals surface area contributed by atoms with Crippen LogP contribution in [-0.4, -0.2) is 10.8 Å². The van der Waals surface area contributed by atoms with Gasteiger partial charge in [0.25, 0.3) is 0 Å². The standard InChI is InChI=1S/C15H18N2OS/c1-15(2,3)7-13(18)11(8-16)6-12-9-19-14(17-12)10-4-5-10/h6,9-10H,4-5,7H2,1-3H3/b11-6+. The van der Waals surface area contributed by atoms with Gasteiger partial charge < -0.3 is 0 Å². The van der Waals surface area contributed by atoms with E-state index in [1.807, 2.05) is 32.2 Å². The number of thiazole rings is 1. The summed E-state index contributed by atoms with van der Waals surface area (Å²) in [5.74, 6) is 0.513. The Bertz CT molecular complexity index is 553. The Labute approximate surface area is 118 Å². The molecule has 3 nitrogen and oxygen atoms in total. The van der Waals surface area contributed by atoms with E-state index in [9.17, 15) is 4.79 Å². The number of carbonyl (C=O) groups is 1. The van der Waals surface area contributed by atoms with E-state index >= 15 is 0 Å². The second kappa shape index (κ2) is 5.26. The first-order valence-electron chi connectivity index (χ1n) is 6.49. The third-order valence-corrected chi connectivity index (χ3v) is 3.90. The summed E-state index contributed by atoms with van der Waals surface area (Å²) in [6.45, 7) is 5.98. The molecule has 19 heavy (non-hydrogen) atoms. The molecule has 1 fully saturated rings. The molecule has 1 aromatic heterocycles. The number of Topliss-reactive ketones (excluding diaryl/α,β-unsaturated/α-hetero) is 1. The molecule has 1 aromatic rings. The third kappa shape index (κ3) is 4.00. The molecule has 0 radical (unpaired) electrons. The molecule has 0 aromatic carbocycles. The summed E-state index contributed by atoms with van der Waals surface area (Å²) in [5, 5.41) is 12.2. The summed E-state index contributed by atoms with van der Waals surface area (Å²) in [6, 6.07) is 2.00. The zero-order valence-electron chi connectivity index (χ0n) is 11.6. The van der Waals surface area contributed by atoms with Gasteiger partial charge >= 0.3 is 0 Å². The minimum absolute atomic E-state index is 0.101. The Hall–Kier alpha value is -1.47. The highest BCUT2D eigenvalue weighted by Gasteiger charge is 2.26. The molecule has 1 saturated carbocycles.